The number of hydrogen-bond acceptors (Lipinski definition) is 5. The number of carbonyl (C=O) groups is 2. The van der Waals surface area contributed by atoms with Gasteiger partial charge in [-0.25, -0.2) is 8.42 Å². The molecule has 2 rings (SSSR count). The molecule has 0 spiro atoms. The summed E-state index contributed by atoms with van der Waals surface area (Å²) in [4.78, 5) is 24.1. The number of hydrogen-bond donors (Lipinski definition) is 2. The molecule has 1 aromatic rings. The van der Waals surface area contributed by atoms with Gasteiger partial charge >= 0.3 is 5.97 Å². The number of carboxylic acids is 1. The molecule has 8 heteroatoms. The molecule has 0 aromatic heterocycles. The summed E-state index contributed by atoms with van der Waals surface area (Å²) in [5.74, 6) is -1.09. The van der Waals surface area contributed by atoms with Gasteiger partial charge < -0.3 is 10.4 Å². The van der Waals surface area contributed by atoms with E-state index in [1.807, 2.05) is 4.90 Å². The fourth-order valence-corrected chi connectivity index (χ4v) is 4.19. The molecular weight excluding hydrogens is 332 g/mol. The molecule has 0 bridgehead atoms. The van der Waals surface area contributed by atoms with E-state index < -0.39 is 21.8 Å². The molecule has 1 fully saturated rings. The highest BCUT2D eigenvalue weighted by Crippen LogP contribution is 2.19. The number of aliphatic carboxylic acids is 1. The lowest BCUT2D eigenvalue weighted by Crippen LogP contribution is -2.37. The molecule has 1 amide bonds. The van der Waals surface area contributed by atoms with Crippen LogP contribution in [0, 0.1) is 0 Å². The monoisotopic (exact) mass is 354 g/mol. The van der Waals surface area contributed by atoms with Crippen molar-refractivity contribution in [2.24, 2.45) is 0 Å². The first kappa shape index (κ1) is 18.4. The van der Waals surface area contributed by atoms with Crippen molar-refractivity contribution in [2.75, 3.05) is 24.2 Å². The molecule has 1 aliphatic heterocycles. The average Bonchev–Trinajstić information content (AvgIpc) is 2.95. The zero-order valence-corrected chi connectivity index (χ0v) is 14.4. The molecule has 1 heterocycles. The van der Waals surface area contributed by atoms with Crippen LogP contribution in [-0.4, -0.2) is 55.2 Å². The van der Waals surface area contributed by atoms with Crippen LogP contribution in [0.15, 0.2) is 29.2 Å². The van der Waals surface area contributed by atoms with Crippen molar-refractivity contribution in [3.05, 3.63) is 24.3 Å². The lowest BCUT2D eigenvalue weighted by atomic mass is 10.2. The quantitative estimate of drug-likeness (QED) is 0.766. The second kappa shape index (κ2) is 7.76. The third-order valence-corrected chi connectivity index (χ3v) is 5.86. The van der Waals surface area contributed by atoms with E-state index in [2.05, 4.69) is 5.32 Å². The molecule has 24 heavy (non-hydrogen) atoms. The van der Waals surface area contributed by atoms with E-state index >= 15 is 0 Å². The molecule has 132 valence electrons. The van der Waals surface area contributed by atoms with Crippen molar-refractivity contribution in [3.8, 4) is 0 Å². The Morgan fingerprint density at radius 2 is 1.96 bits per heavy atom. The molecule has 0 aliphatic carbocycles. The van der Waals surface area contributed by atoms with Crippen molar-refractivity contribution in [1.29, 1.82) is 0 Å². The fourth-order valence-electron chi connectivity index (χ4n) is 2.90. The van der Waals surface area contributed by atoms with E-state index in [9.17, 15) is 18.0 Å². The smallest absolute Gasteiger partial charge is 0.320 e. The van der Waals surface area contributed by atoms with Crippen molar-refractivity contribution < 1.29 is 23.1 Å². The van der Waals surface area contributed by atoms with Gasteiger partial charge in [0, 0.05) is 12.6 Å². The maximum Gasteiger partial charge on any atom is 0.320 e. The first-order valence-corrected chi connectivity index (χ1v) is 9.52. The van der Waals surface area contributed by atoms with Crippen LogP contribution in [0.4, 0.5) is 5.69 Å². The summed E-state index contributed by atoms with van der Waals surface area (Å²) >= 11 is 0. The van der Waals surface area contributed by atoms with Gasteiger partial charge in [0.15, 0.2) is 9.84 Å². The molecule has 0 radical (unpaired) electrons. The molecular formula is C16H22N2O5S. The first-order valence-electron chi connectivity index (χ1n) is 7.87. The molecule has 1 aliphatic rings. The van der Waals surface area contributed by atoms with E-state index in [4.69, 9.17) is 5.11 Å². The zero-order chi connectivity index (χ0) is 17.7. The predicted molar refractivity (Wildman–Crippen MR) is 89.6 cm³/mol. The maximum absolute atomic E-state index is 12.3. The predicted octanol–water partition coefficient (Wildman–Crippen LogP) is 1.36. The van der Waals surface area contributed by atoms with Gasteiger partial charge in [-0.3, -0.25) is 14.5 Å². The standard InChI is InChI=1S/C16H22N2O5S/c1-12(19)17-13-5-7-14(8-6-13)24(22,23)11-3-10-18-9-2-4-15(18)16(20)21/h5-8,15H,2-4,9-11H2,1H3,(H,17,19)(H,20,21). The van der Waals surface area contributed by atoms with Crippen molar-refractivity contribution in [2.45, 2.75) is 37.1 Å². The second-order valence-electron chi connectivity index (χ2n) is 5.91. The third-order valence-electron chi connectivity index (χ3n) is 4.04. The van der Waals surface area contributed by atoms with E-state index in [0.717, 1.165) is 6.42 Å². The number of carboxylic acid groups (broad SMARTS) is 1. The highest BCUT2D eigenvalue weighted by molar-refractivity contribution is 7.91. The minimum Gasteiger partial charge on any atom is -0.480 e. The number of anilines is 1. The Kier molecular flexibility index (Phi) is 5.95. The fraction of sp³-hybridized carbons (Fsp3) is 0.500. The topological polar surface area (TPSA) is 104 Å². The minimum atomic E-state index is -3.42. The SMILES string of the molecule is CC(=O)Nc1ccc(S(=O)(=O)CCCN2CCCC2C(=O)O)cc1. The number of carbonyl (C=O) groups excluding carboxylic acids is 1. The molecule has 7 nitrogen and oxygen atoms in total. The van der Waals surface area contributed by atoms with Crippen LogP contribution in [0.25, 0.3) is 0 Å². The Hall–Kier alpha value is -1.93. The Bertz CT molecular complexity index is 700. The van der Waals surface area contributed by atoms with Crippen LogP contribution < -0.4 is 5.32 Å². The zero-order valence-electron chi connectivity index (χ0n) is 13.6. The number of rotatable bonds is 7. The van der Waals surface area contributed by atoms with Gasteiger partial charge in [-0.05, 0) is 56.6 Å². The highest BCUT2D eigenvalue weighted by Gasteiger charge is 2.30. The van der Waals surface area contributed by atoms with Gasteiger partial charge in [-0.2, -0.15) is 0 Å². The van der Waals surface area contributed by atoms with Crippen molar-refractivity contribution >= 4 is 27.4 Å². The van der Waals surface area contributed by atoms with E-state index in [1.165, 1.54) is 19.1 Å². The lowest BCUT2D eigenvalue weighted by Gasteiger charge is -2.20. The Balaban J connectivity index is 1.91. The summed E-state index contributed by atoms with van der Waals surface area (Å²) in [5.41, 5.74) is 0.544. The molecule has 1 unspecified atom stereocenters. The summed E-state index contributed by atoms with van der Waals surface area (Å²) in [6.07, 6.45) is 1.83. The highest BCUT2D eigenvalue weighted by atomic mass is 32.2. The molecule has 1 atom stereocenters. The Morgan fingerprint density at radius 3 is 2.54 bits per heavy atom. The number of nitrogens with one attached hydrogen (secondary N) is 1. The molecule has 0 saturated carbocycles. The van der Waals surface area contributed by atoms with Gasteiger partial charge in [-0.1, -0.05) is 0 Å². The van der Waals surface area contributed by atoms with Crippen LogP contribution in [0.5, 0.6) is 0 Å². The van der Waals surface area contributed by atoms with Crippen LogP contribution >= 0.6 is 0 Å². The average molecular weight is 354 g/mol. The van der Waals surface area contributed by atoms with Crippen LogP contribution in [0.3, 0.4) is 0 Å². The molecule has 1 aromatic carbocycles. The van der Waals surface area contributed by atoms with Crippen molar-refractivity contribution in [3.63, 3.8) is 0 Å². The second-order valence-corrected chi connectivity index (χ2v) is 8.02. The van der Waals surface area contributed by atoms with Gasteiger partial charge in [0.2, 0.25) is 5.91 Å². The largest absolute Gasteiger partial charge is 0.480 e. The molecule has 2 N–H and O–H groups in total. The number of amides is 1. The van der Waals surface area contributed by atoms with Gasteiger partial charge in [0.05, 0.1) is 10.6 Å². The van der Waals surface area contributed by atoms with Gasteiger partial charge in [-0.15, -0.1) is 0 Å². The molecule has 1 saturated heterocycles. The van der Waals surface area contributed by atoms with E-state index in [0.29, 0.717) is 31.6 Å². The summed E-state index contributed by atoms with van der Waals surface area (Å²) < 4.78 is 24.7. The van der Waals surface area contributed by atoms with Crippen LogP contribution in [0.1, 0.15) is 26.2 Å². The van der Waals surface area contributed by atoms with E-state index in [1.54, 1.807) is 12.1 Å². The Labute approximate surface area is 141 Å². The third kappa shape index (κ3) is 4.78. The number of nitrogens with zero attached hydrogens (tertiary/aromatic N) is 1. The van der Waals surface area contributed by atoms with Gasteiger partial charge in [0.1, 0.15) is 6.04 Å². The van der Waals surface area contributed by atoms with Crippen molar-refractivity contribution in [1.82, 2.24) is 4.90 Å². The summed E-state index contributed by atoms with van der Waals surface area (Å²) in [6, 6.07) is 5.54. The normalized spacial score (nSPS) is 18.5. The van der Waals surface area contributed by atoms with E-state index in [-0.39, 0.29) is 16.6 Å². The maximum atomic E-state index is 12.3. The number of sulfone groups is 1. The Morgan fingerprint density at radius 1 is 1.29 bits per heavy atom. The summed E-state index contributed by atoms with van der Waals surface area (Å²) in [6.45, 7) is 2.54. The van der Waals surface area contributed by atoms with Crippen LogP contribution in [-0.2, 0) is 19.4 Å². The first-order chi connectivity index (χ1) is 11.3. The summed E-state index contributed by atoms with van der Waals surface area (Å²) in [5, 5.41) is 11.7. The minimum absolute atomic E-state index is 0.0324. The number of likely N-dealkylation sites (tertiary alicyclic amines) is 1. The summed E-state index contributed by atoms with van der Waals surface area (Å²) in [7, 11) is -3.42. The lowest BCUT2D eigenvalue weighted by molar-refractivity contribution is -0.142. The van der Waals surface area contributed by atoms with Crippen LogP contribution in [0.2, 0.25) is 0 Å². The van der Waals surface area contributed by atoms with Gasteiger partial charge in [0.25, 0.3) is 0 Å². The number of benzene rings is 1.